The van der Waals surface area contributed by atoms with Gasteiger partial charge in [-0.25, -0.2) is 0 Å². The molecular formula is C12H22N2O3. The molecule has 0 bridgehead atoms. The van der Waals surface area contributed by atoms with Crippen molar-refractivity contribution in [2.45, 2.75) is 44.4 Å². The van der Waals surface area contributed by atoms with Crippen LogP contribution in [0.3, 0.4) is 0 Å². The summed E-state index contributed by atoms with van der Waals surface area (Å²) in [5.74, 6) is 0.0767. The number of nitrogens with one attached hydrogen (secondary N) is 2. The van der Waals surface area contributed by atoms with Crippen molar-refractivity contribution in [3.8, 4) is 0 Å². The van der Waals surface area contributed by atoms with Gasteiger partial charge in [-0.3, -0.25) is 4.79 Å². The molecule has 2 fully saturated rings. The number of carbonyl (C=O) groups is 1. The van der Waals surface area contributed by atoms with Gasteiger partial charge in [-0.1, -0.05) is 0 Å². The van der Waals surface area contributed by atoms with E-state index in [1.165, 1.54) is 0 Å². The van der Waals surface area contributed by atoms with Crippen LogP contribution in [0, 0.1) is 0 Å². The summed E-state index contributed by atoms with van der Waals surface area (Å²) in [4.78, 5) is 12.0. The third kappa shape index (κ3) is 3.18. The molecule has 2 N–H and O–H groups in total. The second kappa shape index (κ2) is 5.33. The first-order chi connectivity index (χ1) is 8.10. The molecule has 0 spiro atoms. The Balaban J connectivity index is 1.80. The Morgan fingerprint density at radius 1 is 1.53 bits per heavy atom. The predicted molar refractivity (Wildman–Crippen MR) is 63.8 cm³/mol. The second-order valence-corrected chi connectivity index (χ2v) is 5.16. The number of hydrogen-bond acceptors (Lipinski definition) is 4. The third-order valence-electron chi connectivity index (χ3n) is 3.74. The quantitative estimate of drug-likeness (QED) is 0.734. The molecule has 0 saturated carbocycles. The third-order valence-corrected chi connectivity index (χ3v) is 3.74. The molecule has 2 saturated heterocycles. The molecule has 3 atom stereocenters. The molecule has 3 unspecified atom stereocenters. The maximum atomic E-state index is 12.0. The SMILES string of the molecule is CC1OCCC1(C)NC(=O)CC1COCCN1. The molecule has 1 amide bonds. The van der Waals surface area contributed by atoms with E-state index in [0.29, 0.717) is 13.0 Å². The fraction of sp³-hybridized carbons (Fsp3) is 0.917. The molecular weight excluding hydrogens is 220 g/mol. The number of carbonyl (C=O) groups excluding carboxylic acids is 1. The van der Waals surface area contributed by atoms with Gasteiger partial charge in [0.25, 0.3) is 0 Å². The van der Waals surface area contributed by atoms with Crippen molar-refractivity contribution in [3.63, 3.8) is 0 Å². The molecule has 2 aliphatic rings. The standard InChI is InChI=1S/C12H22N2O3/c1-9-12(2,3-5-17-9)14-11(15)7-10-8-16-6-4-13-10/h9-10,13H,3-8H2,1-2H3,(H,14,15). The van der Waals surface area contributed by atoms with Crippen LogP contribution >= 0.6 is 0 Å². The van der Waals surface area contributed by atoms with E-state index in [1.54, 1.807) is 0 Å². The largest absolute Gasteiger partial charge is 0.378 e. The van der Waals surface area contributed by atoms with Crippen molar-refractivity contribution in [1.82, 2.24) is 10.6 Å². The molecule has 2 aliphatic heterocycles. The first-order valence-electron chi connectivity index (χ1n) is 6.34. The minimum Gasteiger partial charge on any atom is -0.378 e. The lowest BCUT2D eigenvalue weighted by atomic mass is 9.94. The van der Waals surface area contributed by atoms with E-state index < -0.39 is 0 Å². The van der Waals surface area contributed by atoms with Gasteiger partial charge in [0.05, 0.1) is 24.9 Å². The minimum atomic E-state index is -0.216. The van der Waals surface area contributed by atoms with Crippen molar-refractivity contribution < 1.29 is 14.3 Å². The highest BCUT2D eigenvalue weighted by atomic mass is 16.5. The van der Waals surface area contributed by atoms with Crippen LogP contribution in [-0.4, -0.2) is 50.0 Å². The molecule has 17 heavy (non-hydrogen) atoms. The molecule has 5 heteroatoms. The van der Waals surface area contributed by atoms with Gasteiger partial charge in [-0.15, -0.1) is 0 Å². The highest BCUT2D eigenvalue weighted by molar-refractivity contribution is 5.77. The lowest BCUT2D eigenvalue weighted by Gasteiger charge is -2.30. The van der Waals surface area contributed by atoms with Crippen LogP contribution in [-0.2, 0) is 14.3 Å². The Hall–Kier alpha value is -0.650. The fourth-order valence-electron chi connectivity index (χ4n) is 2.34. The summed E-state index contributed by atoms with van der Waals surface area (Å²) in [5, 5.41) is 6.37. The number of hydrogen-bond donors (Lipinski definition) is 2. The van der Waals surface area contributed by atoms with Crippen LogP contribution in [0.25, 0.3) is 0 Å². The normalized spacial score (nSPS) is 38.0. The second-order valence-electron chi connectivity index (χ2n) is 5.16. The van der Waals surface area contributed by atoms with Crippen LogP contribution in [0.15, 0.2) is 0 Å². The zero-order valence-electron chi connectivity index (χ0n) is 10.6. The summed E-state index contributed by atoms with van der Waals surface area (Å²) in [7, 11) is 0. The number of rotatable bonds is 3. The van der Waals surface area contributed by atoms with E-state index in [1.807, 2.05) is 13.8 Å². The van der Waals surface area contributed by atoms with E-state index in [4.69, 9.17) is 9.47 Å². The zero-order valence-corrected chi connectivity index (χ0v) is 10.6. The molecule has 0 aromatic heterocycles. The maximum absolute atomic E-state index is 12.0. The minimum absolute atomic E-state index is 0.0767. The summed E-state index contributed by atoms with van der Waals surface area (Å²) < 4.78 is 10.8. The summed E-state index contributed by atoms with van der Waals surface area (Å²) in [6, 6.07) is 0.143. The van der Waals surface area contributed by atoms with E-state index in [0.717, 1.165) is 26.2 Å². The van der Waals surface area contributed by atoms with Crippen molar-refractivity contribution >= 4 is 5.91 Å². The van der Waals surface area contributed by atoms with E-state index in [9.17, 15) is 4.79 Å². The van der Waals surface area contributed by atoms with Crippen LogP contribution in [0.1, 0.15) is 26.7 Å². The van der Waals surface area contributed by atoms with Crippen LogP contribution in [0.4, 0.5) is 0 Å². The molecule has 2 rings (SSSR count). The highest BCUT2D eigenvalue weighted by Gasteiger charge is 2.38. The van der Waals surface area contributed by atoms with E-state index >= 15 is 0 Å². The van der Waals surface area contributed by atoms with Gasteiger partial charge in [0.2, 0.25) is 5.91 Å². The molecule has 0 aromatic rings. The van der Waals surface area contributed by atoms with E-state index in [-0.39, 0.29) is 23.6 Å². The van der Waals surface area contributed by atoms with Gasteiger partial charge in [0, 0.05) is 25.6 Å². The van der Waals surface area contributed by atoms with Gasteiger partial charge in [0.1, 0.15) is 0 Å². The van der Waals surface area contributed by atoms with E-state index in [2.05, 4.69) is 10.6 Å². The Kier molecular flexibility index (Phi) is 4.01. The first kappa shape index (κ1) is 12.8. The summed E-state index contributed by atoms with van der Waals surface area (Å²) in [5.41, 5.74) is -0.216. The molecule has 2 heterocycles. The molecule has 5 nitrogen and oxygen atoms in total. The van der Waals surface area contributed by atoms with Crippen LogP contribution < -0.4 is 10.6 Å². The molecule has 0 aliphatic carbocycles. The molecule has 98 valence electrons. The smallest absolute Gasteiger partial charge is 0.222 e. The van der Waals surface area contributed by atoms with Crippen molar-refractivity contribution in [2.24, 2.45) is 0 Å². The van der Waals surface area contributed by atoms with Crippen molar-refractivity contribution in [2.75, 3.05) is 26.4 Å². The summed E-state index contributed by atoms with van der Waals surface area (Å²) >= 11 is 0. The van der Waals surface area contributed by atoms with Gasteiger partial charge in [-0.05, 0) is 20.3 Å². The Morgan fingerprint density at radius 3 is 2.94 bits per heavy atom. The zero-order chi connectivity index (χ0) is 12.3. The van der Waals surface area contributed by atoms with Gasteiger partial charge < -0.3 is 20.1 Å². The monoisotopic (exact) mass is 242 g/mol. The van der Waals surface area contributed by atoms with Crippen LogP contribution in [0.2, 0.25) is 0 Å². The lowest BCUT2D eigenvalue weighted by molar-refractivity contribution is -0.124. The predicted octanol–water partition coefficient (Wildman–Crippen LogP) is 0.0486. The average Bonchev–Trinajstić information content (AvgIpc) is 2.60. The molecule has 0 aromatic carbocycles. The average molecular weight is 242 g/mol. The Morgan fingerprint density at radius 2 is 2.35 bits per heavy atom. The summed E-state index contributed by atoms with van der Waals surface area (Å²) in [6.07, 6.45) is 1.44. The number of morpholine rings is 1. The first-order valence-corrected chi connectivity index (χ1v) is 6.34. The lowest BCUT2D eigenvalue weighted by Crippen LogP contribution is -2.53. The molecule has 0 radical (unpaired) electrons. The van der Waals surface area contributed by atoms with Crippen molar-refractivity contribution in [1.29, 1.82) is 0 Å². The van der Waals surface area contributed by atoms with Gasteiger partial charge >= 0.3 is 0 Å². The number of amides is 1. The summed E-state index contributed by atoms with van der Waals surface area (Å²) in [6.45, 7) is 6.97. The fourth-order valence-corrected chi connectivity index (χ4v) is 2.34. The van der Waals surface area contributed by atoms with Gasteiger partial charge in [0.15, 0.2) is 0 Å². The van der Waals surface area contributed by atoms with Crippen molar-refractivity contribution in [3.05, 3.63) is 0 Å². The Labute approximate surface area is 102 Å². The number of ether oxygens (including phenoxy) is 2. The van der Waals surface area contributed by atoms with Crippen LogP contribution in [0.5, 0.6) is 0 Å². The highest BCUT2D eigenvalue weighted by Crippen LogP contribution is 2.25. The van der Waals surface area contributed by atoms with Gasteiger partial charge in [-0.2, -0.15) is 0 Å². The Bertz CT molecular complexity index is 279. The topological polar surface area (TPSA) is 59.6 Å². The maximum Gasteiger partial charge on any atom is 0.222 e.